The van der Waals surface area contributed by atoms with Crippen molar-refractivity contribution in [2.45, 2.75) is 32.9 Å². The number of hydrogen-bond donors (Lipinski definition) is 1. The van der Waals surface area contributed by atoms with Crippen molar-refractivity contribution in [1.29, 1.82) is 0 Å². The Morgan fingerprint density at radius 1 is 1.46 bits per heavy atom. The Balaban J connectivity index is 1.83. The van der Waals surface area contributed by atoms with Crippen molar-refractivity contribution in [1.82, 2.24) is 9.88 Å². The van der Waals surface area contributed by atoms with E-state index in [2.05, 4.69) is 37.0 Å². The minimum atomic E-state index is -0.317. The van der Waals surface area contributed by atoms with Gasteiger partial charge in [0.05, 0.1) is 25.4 Å². The first-order chi connectivity index (χ1) is 11.5. The molecular weight excluding hydrogens is 324 g/mol. The molecule has 5 nitrogen and oxygen atoms in total. The minimum absolute atomic E-state index is 0.0217. The molecule has 0 radical (unpaired) electrons. The SMILES string of the molecule is Cc1ccc(-c2nc(C(=O)N3CC(CO)OCC3C)cs2)c(C)c1. The van der Waals surface area contributed by atoms with E-state index in [1.807, 2.05) is 12.3 Å². The van der Waals surface area contributed by atoms with Crippen LogP contribution in [0.1, 0.15) is 28.5 Å². The van der Waals surface area contributed by atoms with E-state index in [0.717, 1.165) is 16.1 Å². The number of aromatic nitrogens is 1. The van der Waals surface area contributed by atoms with E-state index in [1.54, 1.807) is 4.90 Å². The molecule has 1 saturated heterocycles. The summed E-state index contributed by atoms with van der Waals surface area (Å²) in [5.41, 5.74) is 3.89. The molecule has 0 spiro atoms. The molecule has 1 fully saturated rings. The maximum atomic E-state index is 12.8. The van der Waals surface area contributed by atoms with Gasteiger partial charge in [-0.1, -0.05) is 23.8 Å². The maximum absolute atomic E-state index is 12.8. The number of morpholine rings is 1. The number of ether oxygens (including phenoxy) is 1. The monoisotopic (exact) mass is 346 g/mol. The normalized spacial score (nSPS) is 21.1. The van der Waals surface area contributed by atoms with Gasteiger partial charge in [-0.05, 0) is 26.3 Å². The van der Waals surface area contributed by atoms with E-state index in [-0.39, 0.29) is 24.7 Å². The van der Waals surface area contributed by atoms with Crippen LogP contribution in [0.15, 0.2) is 23.6 Å². The van der Waals surface area contributed by atoms with Gasteiger partial charge < -0.3 is 14.7 Å². The van der Waals surface area contributed by atoms with Crippen LogP contribution in [0.2, 0.25) is 0 Å². The number of aryl methyl sites for hydroxylation is 2. The van der Waals surface area contributed by atoms with Crippen LogP contribution in [0.5, 0.6) is 0 Å². The summed E-state index contributed by atoms with van der Waals surface area (Å²) in [6.07, 6.45) is -0.317. The van der Waals surface area contributed by atoms with Crippen LogP contribution in [0, 0.1) is 13.8 Å². The van der Waals surface area contributed by atoms with Gasteiger partial charge in [-0.3, -0.25) is 4.79 Å². The van der Waals surface area contributed by atoms with Crippen molar-refractivity contribution in [3.8, 4) is 10.6 Å². The molecule has 1 N–H and O–H groups in total. The summed E-state index contributed by atoms with van der Waals surface area (Å²) >= 11 is 1.48. The predicted molar refractivity (Wildman–Crippen MR) is 94.3 cm³/mol. The lowest BCUT2D eigenvalue weighted by Crippen LogP contribution is -2.52. The Bertz CT molecular complexity index is 744. The number of nitrogens with zero attached hydrogens (tertiary/aromatic N) is 2. The fourth-order valence-corrected chi connectivity index (χ4v) is 3.79. The highest BCUT2D eigenvalue weighted by Gasteiger charge is 2.31. The van der Waals surface area contributed by atoms with Crippen LogP contribution in [0.4, 0.5) is 0 Å². The minimum Gasteiger partial charge on any atom is -0.394 e. The third-order valence-electron chi connectivity index (χ3n) is 4.31. The standard InChI is InChI=1S/C18H22N2O3S/c1-11-4-5-15(12(2)6-11)17-19-16(10-24-17)18(22)20-7-14(8-21)23-9-13(20)3/h4-6,10,13-14,21H,7-9H2,1-3H3. The zero-order valence-electron chi connectivity index (χ0n) is 14.2. The summed E-state index contributed by atoms with van der Waals surface area (Å²) in [7, 11) is 0. The molecule has 1 aliphatic rings. The Morgan fingerprint density at radius 2 is 2.25 bits per heavy atom. The fourth-order valence-electron chi connectivity index (χ4n) is 2.91. The highest BCUT2D eigenvalue weighted by molar-refractivity contribution is 7.13. The molecule has 1 amide bonds. The molecule has 3 rings (SSSR count). The number of aliphatic hydroxyl groups is 1. The lowest BCUT2D eigenvalue weighted by atomic mass is 10.1. The van der Waals surface area contributed by atoms with Crippen molar-refractivity contribution in [3.63, 3.8) is 0 Å². The Labute approximate surface area is 145 Å². The van der Waals surface area contributed by atoms with E-state index in [0.29, 0.717) is 18.8 Å². The van der Waals surface area contributed by atoms with Crippen LogP contribution in [0.25, 0.3) is 10.6 Å². The molecule has 0 aliphatic carbocycles. The third kappa shape index (κ3) is 3.36. The number of rotatable bonds is 3. The van der Waals surface area contributed by atoms with Crippen molar-refractivity contribution in [2.24, 2.45) is 0 Å². The molecule has 0 bridgehead atoms. The second-order valence-electron chi connectivity index (χ2n) is 6.30. The van der Waals surface area contributed by atoms with Gasteiger partial charge in [0.15, 0.2) is 0 Å². The van der Waals surface area contributed by atoms with E-state index in [1.165, 1.54) is 16.9 Å². The summed E-state index contributed by atoms with van der Waals surface area (Å²) in [6.45, 7) is 6.81. The van der Waals surface area contributed by atoms with Crippen molar-refractivity contribution in [2.75, 3.05) is 19.8 Å². The molecule has 24 heavy (non-hydrogen) atoms. The molecule has 2 unspecified atom stereocenters. The molecule has 128 valence electrons. The highest BCUT2D eigenvalue weighted by Crippen LogP contribution is 2.28. The second-order valence-corrected chi connectivity index (χ2v) is 7.16. The molecule has 1 aromatic carbocycles. The lowest BCUT2D eigenvalue weighted by Gasteiger charge is -2.37. The van der Waals surface area contributed by atoms with Crippen LogP contribution >= 0.6 is 11.3 Å². The molecule has 1 aliphatic heterocycles. The van der Waals surface area contributed by atoms with Crippen molar-refractivity contribution in [3.05, 3.63) is 40.4 Å². The van der Waals surface area contributed by atoms with E-state index < -0.39 is 0 Å². The van der Waals surface area contributed by atoms with Crippen LogP contribution in [0.3, 0.4) is 0 Å². The van der Waals surface area contributed by atoms with Crippen LogP contribution in [-0.2, 0) is 4.74 Å². The highest BCUT2D eigenvalue weighted by atomic mass is 32.1. The van der Waals surface area contributed by atoms with Gasteiger partial charge in [-0.2, -0.15) is 0 Å². The van der Waals surface area contributed by atoms with E-state index in [4.69, 9.17) is 4.74 Å². The van der Waals surface area contributed by atoms with Gasteiger partial charge in [-0.15, -0.1) is 11.3 Å². The first-order valence-electron chi connectivity index (χ1n) is 8.06. The number of carbonyl (C=O) groups excluding carboxylic acids is 1. The summed E-state index contributed by atoms with van der Waals surface area (Å²) < 4.78 is 5.50. The fraction of sp³-hybridized carbons (Fsp3) is 0.444. The average Bonchev–Trinajstić information content (AvgIpc) is 3.04. The first-order valence-corrected chi connectivity index (χ1v) is 8.94. The number of amides is 1. The number of hydrogen-bond acceptors (Lipinski definition) is 5. The van der Waals surface area contributed by atoms with E-state index in [9.17, 15) is 9.90 Å². The number of carbonyl (C=O) groups is 1. The average molecular weight is 346 g/mol. The van der Waals surface area contributed by atoms with Crippen molar-refractivity contribution < 1.29 is 14.6 Å². The zero-order chi connectivity index (χ0) is 17.3. The topological polar surface area (TPSA) is 62.7 Å². The second kappa shape index (κ2) is 7.01. The number of aliphatic hydroxyl groups excluding tert-OH is 1. The summed E-state index contributed by atoms with van der Waals surface area (Å²) in [5.74, 6) is -0.100. The van der Waals surface area contributed by atoms with Gasteiger partial charge in [0, 0.05) is 17.5 Å². The predicted octanol–water partition coefficient (Wildman–Crippen LogP) is 2.65. The molecule has 2 heterocycles. The first kappa shape index (κ1) is 17.1. The number of thiazole rings is 1. The molecule has 0 saturated carbocycles. The molecule has 2 aromatic rings. The van der Waals surface area contributed by atoms with Gasteiger partial charge in [-0.25, -0.2) is 4.98 Å². The Morgan fingerprint density at radius 3 is 2.96 bits per heavy atom. The quantitative estimate of drug-likeness (QED) is 0.928. The Kier molecular flexibility index (Phi) is 4.99. The van der Waals surface area contributed by atoms with Crippen LogP contribution < -0.4 is 0 Å². The van der Waals surface area contributed by atoms with Crippen LogP contribution in [-0.4, -0.2) is 52.8 Å². The smallest absolute Gasteiger partial charge is 0.273 e. The maximum Gasteiger partial charge on any atom is 0.273 e. The largest absolute Gasteiger partial charge is 0.394 e. The van der Waals surface area contributed by atoms with E-state index >= 15 is 0 Å². The zero-order valence-corrected chi connectivity index (χ0v) is 15.0. The van der Waals surface area contributed by atoms with Gasteiger partial charge in [0.2, 0.25) is 0 Å². The summed E-state index contributed by atoms with van der Waals surface area (Å²) in [4.78, 5) is 19.1. The molecular formula is C18H22N2O3S. The summed E-state index contributed by atoms with van der Waals surface area (Å²) in [6, 6.07) is 6.21. The third-order valence-corrected chi connectivity index (χ3v) is 5.18. The molecule has 1 aromatic heterocycles. The lowest BCUT2D eigenvalue weighted by molar-refractivity contribution is -0.0668. The number of benzene rings is 1. The van der Waals surface area contributed by atoms with Crippen molar-refractivity contribution >= 4 is 17.2 Å². The summed E-state index contributed by atoms with van der Waals surface area (Å²) in [5, 5.41) is 11.9. The van der Waals surface area contributed by atoms with Gasteiger partial charge in [0.1, 0.15) is 10.7 Å². The van der Waals surface area contributed by atoms with Gasteiger partial charge in [0.25, 0.3) is 5.91 Å². The Hall–Kier alpha value is -1.76. The molecule has 6 heteroatoms. The van der Waals surface area contributed by atoms with Gasteiger partial charge >= 0.3 is 0 Å². The molecule has 2 atom stereocenters.